The SMILES string of the molecule is [15NH2]CCCC(=O)O. The summed E-state index contributed by atoms with van der Waals surface area (Å²) in [5.41, 5.74) is 5.01. The first kappa shape index (κ1) is 6.43. The highest BCUT2D eigenvalue weighted by Gasteiger charge is 1.91. The lowest BCUT2D eigenvalue weighted by Crippen LogP contribution is -2.02. The van der Waals surface area contributed by atoms with E-state index < -0.39 is 5.97 Å². The average molecular weight is 104 g/mol. The van der Waals surface area contributed by atoms with Gasteiger partial charge in [0.05, 0.1) is 0 Å². The minimum atomic E-state index is -0.773. The summed E-state index contributed by atoms with van der Waals surface area (Å²) in [6.45, 7) is 0.465. The Labute approximate surface area is 42.1 Å². The third-order valence-electron chi connectivity index (χ3n) is 0.595. The van der Waals surface area contributed by atoms with E-state index in [4.69, 9.17) is 10.8 Å². The second-order valence-electron chi connectivity index (χ2n) is 1.29. The summed E-state index contributed by atoms with van der Waals surface area (Å²) in [5, 5.41) is 7.99. The summed E-state index contributed by atoms with van der Waals surface area (Å²) in [5.74, 6) is -0.773. The van der Waals surface area contributed by atoms with Crippen LogP contribution in [-0.2, 0) is 4.79 Å². The molecule has 0 fully saturated rings. The molecule has 0 saturated heterocycles. The quantitative estimate of drug-likeness (QED) is 0.488. The van der Waals surface area contributed by atoms with Gasteiger partial charge in [0.15, 0.2) is 0 Å². The number of carboxylic acids is 1. The predicted octanol–water partition coefficient (Wildman–Crippen LogP) is -0.190. The van der Waals surface area contributed by atoms with Gasteiger partial charge in [-0.25, -0.2) is 0 Å². The van der Waals surface area contributed by atoms with E-state index >= 15 is 0 Å². The molecule has 0 saturated carbocycles. The van der Waals surface area contributed by atoms with Crippen molar-refractivity contribution in [2.45, 2.75) is 12.8 Å². The van der Waals surface area contributed by atoms with Crippen LogP contribution in [-0.4, -0.2) is 17.6 Å². The summed E-state index contributed by atoms with van der Waals surface area (Å²) in [4.78, 5) is 9.70. The number of hydrogen-bond donors (Lipinski definition) is 2. The van der Waals surface area contributed by atoms with E-state index in [2.05, 4.69) is 0 Å². The first-order valence-electron chi connectivity index (χ1n) is 2.19. The highest BCUT2D eigenvalue weighted by Crippen LogP contribution is 1.82. The predicted molar refractivity (Wildman–Crippen MR) is 25.9 cm³/mol. The molecule has 0 aromatic rings. The summed E-state index contributed by atoms with van der Waals surface area (Å²) in [6, 6.07) is 0. The second kappa shape index (κ2) is 3.61. The molecule has 0 atom stereocenters. The van der Waals surface area contributed by atoms with Gasteiger partial charge in [-0.3, -0.25) is 4.79 Å². The smallest absolute Gasteiger partial charge is 0.303 e. The van der Waals surface area contributed by atoms with Gasteiger partial charge in [-0.15, -0.1) is 0 Å². The molecule has 0 aliphatic heterocycles. The Balaban J connectivity index is 2.82. The maximum absolute atomic E-state index is 9.70. The van der Waals surface area contributed by atoms with Crippen LogP contribution < -0.4 is 5.73 Å². The number of rotatable bonds is 3. The number of carboxylic acid groups (broad SMARTS) is 1. The molecule has 3 nitrogen and oxygen atoms in total. The normalized spacial score (nSPS) is 8.71. The van der Waals surface area contributed by atoms with Crippen molar-refractivity contribution < 1.29 is 9.90 Å². The third kappa shape index (κ3) is 5.43. The molecule has 0 aromatic carbocycles. The molecule has 0 aliphatic carbocycles. The summed E-state index contributed by atoms with van der Waals surface area (Å²) in [7, 11) is 0. The Hall–Kier alpha value is -0.570. The number of aliphatic carboxylic acids is 1. The molecule has 7 heavy (non-hydrogen) atoms. The molecule has 42 valence electrons. The van der Waals surface area contributed by atoms with E-state index in [0.717, 1.165) is 0 Å². The monoisotopic (exact) mass is 104 g/mol. The molecule has 0 rings (SSSR count). The Morgan fingerprint density at radius 1 is 1.71 bits per heavy atom. The molecular weight excluding hydrogens is 95.0 g/mol. The van der Waals surface area contributed by atoms with Crippen LogP contribution in [0.4, 0.5) is 0 Å². The molecular formula is C4H9NO2. The Morgan fingerprint density at radius 3 is 2.43 bits per heavy atom. The standard InChI is InChI=1S/C4H9NO2/c5-3-1-2-4(6)7/h1-3,5H2,(H,6,7)/i5+1. The number of hydrogen-bond acceptors (Lipinski definition) is 2. The van der Waals surface area contributed by atoms with Crippen molar-refractivity contribution in [3.8, 4) is 0 Å². The van der Waals surface area contributed by atoms with Crippen LogP contribution in [0, 0.1) is 0 Å². The lowest BCUT2D eigenvalue weighted by molar-refractivity contribution is -0.137. The van der Waals surface area contributed by atoms with Crippen molar-refractivity contribution in [3.05, 3.63) is 0 Å². The van der Waals surface area contributed by atoms with Crippen LogP contribution in [0.2, 0.25) is 0 Å². The largest absolute Gasteiger partial charge is 0.481 e. The minimum absolute atomic E-state index is 0.191. The first-order valence-corrected chi connectivity index (χ1v) is 2.19. The zero-order valence-electron chi connectivity index (χ0n) is 4.05. The fraction of sp³-hybridized carbons (Fsp3) is 0.750. The van der Waals surface area contributed by atoms with E-state index in [1.54, 1.807) is 0 Å². The second-order valence-corrected chi connectivity index (χ2v) is 1.29. The van der Waals surface area contributed by atoms with Crippen LogP contribution in [0.5, 0.6) is 0 Å². The van der Waals surface area contributed by atoms with Crippen molar-refractivity contribution >= 4 is 5.97 Å². The number of carbonyl (C=O) groups is 1. The molecule has 0 amide bonds. The molecule has 0 aromatic heterocycles. The summed E-state index contributed by atoms with van der Waals surface area (Å²) in [6.07, 6.45) is 0.770. The summed E-state index contributed by atoms with van der Waals surface area (Å²) >= 11 is 0. The van der Waals surface area contributed by atoms with Gasteiger partial charge in [-0.1, -0.05) is 0 Å². The highest BCUT2D eigenvalue weighted by atomic mass is 16.4. The van der Waals surface area contributed by atoms with E-state index in [1.807, 2.05) is 0 Å². The topological polar surface area (TPSA) is 63.3 Å². The molecule has 0 heterocycles. The number of nitrogens with two attached hydrogens (primary N) is 1. The summed E-state index contributed by atoms with van der Waals surface area (Å²) < 4.78 is 0. The van der Waals surface area contributed by atoms with Gasteiger partial charge >= 0.3 is 5.97 Å². The van der Waals surface area contributed by atoms with Crippen LogP contribution >= 0.6 is 0 Å². The van der Waals surface area contributed by atoms with E-state index in [0.29, 0.717) is 13.0 Å². The van der Waals surface area contributed by atoms with Crippen LogP contribution in [0.25, 0.3) is 0 Å². The molecule has 0 unspecified atom stereocenters. The highest BCUT2D eigenvalue weighted by molar-refractivity contribution is 5.66. The van der Waals surface area contributed by atoms with Gasteiger partial charge in [0, 0.05) is 6.42 Å². The van der Waals surface area contributed by atoms with Crippen LogP contribution in [0.3, 0.4) is 0 Å². The van der Waals surface area contributed by atoms with Crippen molar-refractivity contribution in [3.63, 3.8) is 0 Å². The Morgan fingerprint density at radius 2 is 2.29 bits per heavy atom. The molecule has 3 heteroatoms. The van der Waals surface area contributed by atoms with Crippen LogP contribution in [0.1, 0.15) is 12.8 Å². The van der Waals surface area contributed by atoms with Gasteiger partial charge in [0.2, 0.25) is 0 Å². The lowest BCUT2D eigenvalue weighted by Gasteiger charge is -1.86. The maximum atomic E-state index is 9.70. The van der Waals surface area contributed by atoms with Gasteiger partial charge in [0.25, 0.3) is 0 Å². The van der Waals surface area contributed by atoms with Crippen molar-refractivity contribution in [2.75, 3.05) is 6.54 Å². The maximum Gasteiger partial charge on any atom is 0.303 e. The van der Waals surface area contributed by atoms with Gasteiger partial charge < -0.3 is 10.8 Å². The Kier molecular flexibility index (Phi) is 3.32. The fourth-order valence-electron chi connectivity index (χ4n) is 0.253. The van der Waals surface area contributed by atoms with E-state index in [9.17, 15) is 4.79 Å². The van der Waals surface area contributed by atoms with Crippen molar-refractivity contribution in [2.24, 2.45) is 5.73 Å². The van der Waals surface area contributed by atoms with Gasteiger partial charge in [-0.05, 0) is 13.0 Å². The third-order valence-corrected chi connectivity index (χ3v) is 0.595. The van der Waals surface area contributed by atoms with E-state index in [1.165, 1.54) is 0 Å². The lowest BCUT2D eigenvalue weighted by atomic mass is 10.3. The zero-order chi connectivity index (χ0) is 5.70. The molecule has 0 bridgehead atoms. The van der Waals surface area contributed by atoms with Crippen molar-refractivity contribution in [1.29, 1.82) is 0 Å². The van der Waals surface area contributed by atoms with E-state index in [-0.39, 0.29) is 6.42 Å². The van der Waals surface area contributed by atoms with Gasteiger partial charge in [0.1, 0.15) is 0 Å². The fourth-order valence-corrected chi connectivity index (χ4v) is 0.253. The first-order chi connectivity index (χ1) is 3.27. The molecule has 0 radical (unpaired) electrons. The zero-order valence-corrected chi connectivity index (χ0v) is 4.05. The molecule has 0 spiro atoms. The average Bonchev–Trinajstić information content (AvgIpc) is 1.61. The molecule has 0 aliphatic rings. The minimum Gasteiger partial charge on any atom is -0.481 e. The van der Waals surface area contributed by atoms with Crippen LogP contribution in [0.15, 0.2) is 0 Å². The van der Waals surface area contributed by atoms with Crippen molar-refractivity contribution in [1.82, 2.24) is 0 Å². The van der Waals surface area contributed by atoms with Gasteiger partial charge in [-0.2, -0.15) is 0 Å². The molecule has 3 N–H and O–H groups in total. The Bertz CT molecular complexity index is 62.7.